The number of hydrogen-bond acceptors (Lipinski definition) is 2. The third-order valence-corrected chi connectivity index (χ3v) is 5.76. The first-order valence-corrected chi connectivity index (χ1v) is 10.3. The zero-order valence-electron chi connectivity index (χ0n) is 15.8. The van der Waals surface area contributed by atoms with Crippen LogP contribution >= 0.6 is 11.8 Å². The predicted molar refractivity (Wildman–Crippen MR) is 115 cm³/mol. The smallest absolute Gasteiger partial charge is 0.233 e. The Balaban J connectivity index is 1.71. The molecule has 1 N–H and O–H groups in total. The highest BCUT2D eigenvalue weighted by Crippen LogP contribution is 2.24. The number of rotatable bonds is 7. The summed E-state index contributed by atoms with van der Waals surface area (Å²) in [5.74, 6) is 0.890. The lowest BCUT2D eigenvalue weighted by Crippen LogP contribution is -2.35. The van der Waals surface area contributed by atoms with Gasteiger partial charge in [0.1, 0.15) is 0 Å². The predicted octanol–water partition coefficient (Wildman–Crippen LogP) is 5.52. The lowest BCUT2D eigenvalue weighted by atomic mass is 9.97. The van der Waals surface area contributed by atoms with Crippen LogP contribution in [-0.4, -0.2) is 11.2 Å². The fourth-order valence-electron chi connectivity index (χ4n) is 2.89. The summed E-state index contributed by atoms with van der Waals surface area (Å²) in [5, 5.41) is 3.12. The first-order valence-electron chi connectivity index (χ1n) is 9.21. The second kappa shape index (κ2) is 9.43. The third-order valence-electron chi connectivity index (χ3n) is 4.54. The molecule has 3 rings (SSSR count). The third kappa shape index (κ3) is 5.48. The monoisotopic (exact) mass is 375 g/mol. The first-order chi connectivity index (χ1) is 13.1. The minimum atomic E-state index is -0.140. The molecule has 3 aromatic carbocycles. The average molecular weight is 376 g/mol. The van der Waals surface area contributed by atoms with Crippen molar-refractivity contribution in [3.63, 3.8) is 0 Å². The van der Waals surface area contributed by atoms with E-state index in [0.717, 1.165) is 16.9 Å². The van der Waals surface area contributed by atoms with Gasteiger partial charge in [-0.2, -0.15) is 0 Å². The van der Waals surface area contributed by atoms with Crippen LogP contribution < -0.4 is 5.32 Å². The maximum absolute atomic E-state index is 12.9. The van der Waals surface area contributed by atoms with Crippen molar-refractivity contribution >= 4 is 17.7 Å². The quantitative estimate of drug-likeness (QED) is 0.589. The standard InChI is InChI=1S/C24H25NOS/c1-18-13-15-22(16-14-18)23(21-11-7-4-8-12-21)25-24(26)19(2)27-17-20-9-5-3-6-10-20/h3-16,19,23H,17H2,1-2H3,(H,25,26)/t19-,23-/m1/s1. The van der Waals surface area contributed by atoms with E-state index >= 15 is 0 Å². The molecule has 138 valence electrons. The summed E-state index contributed by atoms with van der Waals surface area (Å²) in [7, 11) is 0. The van der Waals surface area contributed by atoms with Crippen LogP contribution in [0.1, 0.15) is 35.2 Å². The summed E-state index contributed by atoms with van der Waals surface area (Å²) in [6, 6.07) is 28.6. The fourth-order valence-corrected chi connectivity index (χ4v) is 3.75. The van der Waals surface area contributed by atoms with Crippen molar-refractivity contribution in [2.45, 2.75) is 30.9 Å². The molecule has 0 spiro atoms. The van der Waals surface area contributed by atoms with Gasteiger partial charge in [0.05, 0.1) is 11.3 Å². The number of aryl methyl sites for hydroxylation is 1. The first kappa shape index (κ1) is 19.2. The topological polar surface area (TPSA) is 29.1 Å². The molecule has 0 saturated carbocycles. The highest BCUT2D eigenvalue weighted by molar-refractivity contribution is 7.99. The van der Waals surface area contributed by atoms with Gasteiger partial charge >= 0.3 is 0 Å². The normalized spacial score (nSPS) is 13.0. The van der Waals surface area contributed by atoms with E-state index in [9.17, 15) is 4.79 Å². The average Bonchev–Trinajstić information content (AvgIpc) is 2.72. The van der Waals surface area contributed by atoms with Crippen molar-refractivity contribution in [2.24, 2.45) is 0 Å². The number of hydrogen-bond donors (Lipinski definition) is 1. The van der Waals surface area contributed by atoms with Crippen LogP contribution in [0, 0.1) is 6.92 Å². The maximum Gasteiger partial charge on any atom is 0.233 e. The molecule has 3 heteroatoms. The summed E-state index contributed by atoms with van der Waals surface area (Å²) >= 11 is 1.66. The second-order valence-corrected chi connectivity index (χ2v) is 8.03. The van der Waals surface area contributed by atoms with E-state index in [1.165, 1.54) is 11.1 Å². The molecule has 1 amide bonds. The summed E-state index contributed by atoms with van der Waals surface area (Å²) in [5.41, 5.74) is 4.64. The molecule has 0 aliphatic heterocycles. The minimum Gasteiger partial charge on any atom is -0.344 e. The van der Waals surface area contributed by atoms with Crippen LogP contribution in [-0.2, 0) is 10.5 Å². The summed E-state index contributed by atoms with van der Waals surface area (Å²) < 4.78 is 0. The Morgan fingerprint density at radius 1 is 0.852 bits per heavy atom. The molecule has 27 heavy (non-hydrogen) atoms. The molecule has 2 nitrogen and oxygen atoms in total. The molecular formula is C24H25NOS. The van der Waals surface area contributed by atoms with Gasteiger partial charge in [-0.15, -0.1) is 11.8 Å². The van der Waals surface area contributed by atoms with E-state index in [0.29, 0.717) is 0 Å². The van der Waals surface area contributed by atoms with Gasteiger partial charge in [0.25, 0.3) is 0 Å². The molecular weight excluding hydrogens is 350 g/mol. The molecule has 0 aliphatic rings. The van der Waals surface area contributed by atoms with Gasteiger partial charge in [-0.05, 0) is 30.5 Å². The van der Waals surface area contributed by atoms with E-state index in [4.69, 9.17) is 0 Å². The number of thioether (sulfide) groups is 1. The van der Waals surface area contributed by atoms with Crippen molar-refractivity contribution in [3.05, 3.63) is 107 Å². The van der Waals surface area contributed by atoms with Crippen LogP contribution in [0.15, 0.2) is 84.9 Å². The molecule has 0 radical (unpaired) electrons. The van der Waals surface area contributed by atoms with Crippen molar-refractivity contribution in [1.29, 1.82) is 0 Å². The highest BCUT2D eigenvalue weighted by Gasteiger charge is 2.20. The second-order valence-electron chi connectivity index (χ2n) is 6.70. The molecule has 0 aromatic heterocycles. The lowest BCUT2D eigenvalue weighted by molar-refractivity contribution is -0.120. The van der Waals surface area contributed by atoms with Crippen LogP contribution in [0.5, 0.6) is 0 Å². The van der Waals surface area contributed by atoms with Crippen LogP contribution in [0.25, 0.3) is 0 Å². The van der Waals surface area contributed by atoms with Crippen molar-refractivity contribution in [3.8, 4) is 0 Å². The van der Waals surface area contributed by atoms with E-state index < -0.39 is 0 Å². The maximum atomic E-state index is 12.9. The largest absolute Gasteiger partial charge is 0.344 e. The Hall–Kier alpha value is -2.52. The highest BCUT2D eigenvalue weighted by atomic mass is 32.2. The number of amides is 1. The van der Waals surface area contributed by atoms with Gasteiger partial charge in [-0.25, -0.2) is 0 Å². The van der Waals surface area contributed by atoms with Crippen LogP contribution in [0.4, 0.5) is 0 Å². The summed E-state index contributed by atoms with van der Waals surface area (Å²) in [6.45, 7) is 4.04. The molecule has 0 heterocycles. The SMILES string of the molecule is Cc1ccc([C@H](NC(=O)[C@@H](C)SCc2ccccc2)c2ccccc2)cc1. The van der Waals surface area contributed by atoms with Gasteiger partial charge in [-0.1, -0.05) is 90.5 Å². The van der Waals surface area contributed by atoms with Crippen molar-refractivity contribution in [2.75, 3.05) is 0 Å². The van der Waals surface area contributed by atoms with E-state index in [1.54, 1.807) is 11.8 Å². The number of benzene rings is 3. The number of nitrogens with one attached hydrogen (secondary N) is 1. The van der Waals surface area contributed by atoms with Crippen molar-refractivity contribution < 1.29 is 4.79 Å². The van der Waals surface area contributed by atoms with Gasteiger partial charge in [-0.3, -0.25) is 4.79 Å². The number of carbonyl (C=O) groups is 1. The zero-order valence-corrected chi connectivity index (χ0v) is 16.6. The van der Waals surface area contributed by atoms with Crippen molar-refractivity contribution in [1.82, 2.24) is 5.32 Å². The van der Waals surface area contributed by atoms with E-state index in [1.807, 2.05) is 43.3 Å². The molecule has 0 fully saturated rings. The molecule has 0 bridgehead atoms. The molecule has 0 aliphatic carbocycles. The van der Waals surface area contributed by atoms with Gasteiger partial charge < -0.3 is 5.32 Å². The van der Waals surface area contributed by atoms with Crippen LogP contribution in [0.3, 0.4) is 0 Å². The molecule has 3 aromatic rings. The lowest BCUT2D eigenvalue weighted by Gasteiger charge is -2.22. The fraction of sp³-hybridized carbons (Fsp3) is 0.208. The Bertz CT molecular complexity index is 847. The summed E-state index contributed by atoms with van der Waals surface area (Å²) in [6.07, 6.45) is 0. The minimum absolute atomic E-state index is 0.0605. The van der Waals surface area contributed by atoms with Gasteiger partial charge in [0.15, 0.2) is 0 Å². The Morgan fingerprint density at radius 3 is 2.04 bits per heavy atom. The Kier molecular flexibility index (Phi) is 6.72. The molecule has 0 saturated heterocycles. The Labute approximate surface area is 166 Å². The Morgan fingerprint density at radius 2 is 1.41 bits per heavy atom. The number of carbonyl (C=O) groups excluding carboxylic acids is 1. The zero-order chi connectivity index (χ0) is 19.1. The summed E-state index contributed by atoms with van der Waals surface area (Å²) in [4.78, 5) is 12.9. The van der Waals surface area contributed by atoms with Crippen LogP contribution in [0.2, 0.25) is 0 Å². The van der Waals surface area contributed by atoms with Gasteiger partial charge in [0, 0.05) is 5.75 Å². The molecule has 2 atom stereocenters. The van der Waals surface area contributed by atoms with E-state index in [-0.39, 0.29) is 17.2 Å². The molecule has 0 unspecified atom stereocenters. The van der Waals surface area contributed by atoms with E-state index in [2.05, 4.69) is 60.8 Å². The van der Waals surface area contributed by atoms with Gasteiger partial charge in [0.2, 0.25) is 5.91 Å².